The van der Waals surface area contributed by atoms with Gasteiger partial charge < -0.3 is 5.73 Å². The van der Waals surface area contributed by atoms with Crippen LogP contribution in [0.4, 0.5) is 4.39 Å². The summed E-state index contributed by atoms with van der Waals surface area (Å²) in [4.78, 5) is 2.40. The SMILES string of the molecule is CC1(C)CCN(C(CN)c2ccc(F)cc2Br)C1. The fraction of sp³-hybridized carbons (Fsp3) is 0.571. The van der Waals surface area contributed by atoms with E-state index in [2.05, 4.69) is 34.7 Å². The predicted octanol–water partition coefficient (Wildman–Crippen LogP) is 3.32. The van der Waals surface area contributed by atoms with Crippen LogP contribution in [0.2, 0.25) is 0 Å². The summed E-state index contributed by atoms with van der Waals surface area (Å²) in [5, 5.41) is 0. The van der Waals surface area contributed by atoms with E-state index in [1.807, 2.05) is 6.07 Å². The number of rotatable bonds is 3. The molecule has 2 N–H and O–H groups in total. The Morgan fingerprint density at radius 2 is 2.22 bits per heavy atom. The molecule has 0 radical (unpaired) electrons. The molecular weight excluding hydrogens is 295 g/mol. The Kier molecular flexibility index (Phi) is 4.09. The first-order chi connectivity index (χ1) is 8.43. The Morgan fingerprint density at radius 3 is 2.72 bits per heavy atom. The van der Waals surface area contributed by atoms with Crippen LogP contribution in [-0.2, 0) is 0 Å². The zero-order valence-electron chi connectivity index (χ0n) is 10.9. The van der Waals surface area contributed by atoms with Crippen molar-refractivity contribution in [2.45, 2.75) is 26.3 Å². The molecule has 1 saturated heterocycles. The molecule has 1 aliphatic heterocycles. The van der Waals surface area contributed by atoms with Crippen LogP contribution in [0, 0.1) is 11.2 Å². The fourth-order valence-corrected chi connectivity index (χ4v) is 3.28. The maximum atomic E-state index is 13.1. The Labute approximate surface area is 116 Å². The van der Waals surface area contributed by atoms with Crippen molar-refractivity contribution < 1.29 is 4.39 Å². The van der Waals surface area contributed by atoms with E-state index in [0.717, 1.165) is 23.1 Å². The standard InChI is InChI=1S/C14H20BrFN2/c1-14(2)5-6-18(9-14)13(8-17)11-4-3-10(16)7-12(11)15/h3-4,7,13H,5-6,8-9,17H2,1-2H3. The van der Waals surface area contributed by atoms with E-state index in [1.54, 1.807) is 0 Å². The van der Waals surface area contributed by atoms with Gasteiger partial charge >= 0.3 is 0 Å². The van der Waals surface area contributed by atoms with Crippen molar-refractivity contribution >= 4 is 15.9 Å². The largest absolute Gasteiger partial charge is 0.329 e. The molecule has 0 aromatic heterocycles. The van der Waals surface area contributed by atoms with E-state index in [0.29, 0.717) is 12.0 Å². The number of likely N-dealkylation sites (tertiary alicyclic amines) is 1. The summed E-state index contributed by atoms with van der Waals surface area (Å²) in [7, 11) is 0. The van der Waals surface area contributed by atoms with Crippen molar-refractivity contribution in [3.05, 3.63) is 34.1 Å². The van der Waals surface area contributed by atoms with Crippen molar-refractivity contribution in [3.63, 3.8) is 0 Å². The average Bonchev–Trinajstić information content (AvgIpc) is 2.63. The van der Waals surface area contributed by atoms with Crippen LogP contribution >= 0.6 is 15.9 Å². The third-order valence-corrected chi connectivity index (χ3v) is 4.38. The number of benzene rings is 1. The highest BCUT2D eigenvalue weighted by atomic mass is 79.9. The lowest BCUT2D eigenvalue weighted by Gasteiger charge is -2.29. The first-order valence-corrected chi connectivity index (χ1v) is 7.11. The van der Waals surface area contributed by atoms with Gasteiger partial charge in [-0.15, -0.1) is 0 Å². The molecular formula is C14H20BrFN2. The van der Waals surface area contributed by atoms with Crippen LogP contribution < -0.4 is 5.73 Å². The van der Waals surface area contributed by atoms with E-state index in [-0.39, 0.29) is 11.9 Å². The van der Waals surface area contributed by atoms with Gasteiger partial charge in [0.25, 0.3) is 0 Å². The molecule has 1 aromatic carbocycles. The van der Waals surface area contributed by atoms with Gasteiger partial charge in [-0.25, -0.2) is 4.39 Å². The molecule has 1 atom stereocenters. The van der Waals surface area contributed by atoms with Gasteiger partial charge in [0.2, 0.25) is 0 Å². The maximum absolute atomic E-state index is 13.1. The second kappa shape index (κ2) is 5.27. The summed E-state index contributed by atoms with van der Waals surface area (Å²) in [5.74, 6) is -0.219. The monoisotopic (exact) mass is 314 g/mol. The van der Waals surface area contributed by atoms with Gasteiger partial charge in [-0.3, -0.25) is 4.90 Å². The lowest BCUT2D eigenvalue weighted by molar-refractivity contribution is 0.222. The Morgan fingerprint density at radius 1 is 1.50 bits per heavy atom. The van der Waals surface area contributed by atoms with Crippen LogP contribution in [0.3, 0.4) is 0 Å². The van der Waals surface area contributed by atoms with E-state index in [4.69, 9.17) is 5.73 Å². The minimum atomic E-state index is -0.219. The van der Waals surface area contributed by atoms with Crippen molar-refractivity contribution in [1.29, 1.82) is 0 Å². The van der Waals surface area contributed by atoms with Gasteiger partial charge in [-0.05, 0) is 36.1 Å². The van der Waals surface area contributed by atoms with E-state index in [9.17, 15) is 4.39 Å². The summed E-state index contributed by atoms with van der Waals surface area (Å²) >= 11 is 3.44. The second-order valence-corrected chi connectivity index (χ2v) is 6.66. The summed E-state index contributed by atoms with van der Waals surface area (Å²) in [5.41, 5.74) is 7.35. The second-order valence-electron chi connectivity index (χ2n) is 5.80. The Bertz CT molecular complexity index is 434. The van der Waals surface area contributed by atoms with Gasteiger partial charge in [0, 0.05) is 23.6 Å². The maximum Gasteiger partial charge on any atom is 0.124 e. The zero-order valence-corrected chi connectivity index (χ0v) is 12.5. The molecule has 1 heterocycles. The summed E-state index contributed by atoms with van der Waals surface area (Å²) in [6.45, 7) is 7.21. The van der Waals surface area contributed by atoms with Crippen molar-refractivity contribution in [2.24, 2.45) is 11.1 Å². The Balaban J connectivity index is 2.23. The van der Waals surface area contributed by atoms with E-state index in [1.165, 1.54) is 18.6 Å². The van der Waals surface area contributed by atoms with Gasteiger partial charge in [0.05, 0.1) is 0 Å². The molecule has 0 aliphatic carbocycles. The zero-order chi connectivity index (χ0) is 13.3. The molecule has 1 fully saturated rings. The number of hydrogen-bond donors (Lipinski definition) is 1. The van der Waals surface area contributed by atoms with Crippen LogP contribution in [-0.4, -0.2) is 24.5 Å². The van der Waals surface area contributed by atoms with Crippen LogP contribution in [0.15, 0.2) is 22.7 Å². The molecule has 2 nitrogen and oxygen atoms in total. The fourth-order valence-electron chi connectivity index (χ4n) is 2.66. The first-order valence-electron chi connectivity index (χ1n) is 6.32. The van der Waals surface area contributed by atoms with Crippen molar-refractivity contribution in [3.8, 4) is 0 Å². The minimum absolute atomic E-state index is 0.168. The number of halogens is 2. The highest BCUT2D eigenvalue weighted by Crippen LogP contribution is 2.36. The molecule has 2 rings (SSSR count). The molecule has 0 spiro atoms. The molecule has 1 aliphatic rings. The summed E-state index contributed by atoms with van der Waals surface area (Å²) < 4.78 is 13.9. The number of nitrogens with zero attached hydrogens (tertiary/aromatic N) is 1. The van der Waals surface area contributed by atoms with Gasteiger partial charge in [-0.1, -0.05) is 35.8 Å². The minimum Gasteiger partial charge on any atom is -0.329 e. The van der Waals surface area contributed by atoms with Crippen molar-refractivity contribution in [2.75, 3.05) is 19.6 Å². The van der Waals surface area contributed by atoms with Crippen LogP contribution in [0.5, 0.6) is 0 Å². The lowest BCUT2D eigenvalue weighted by Crippen LogP contribution is -2.33. The molecule has 4 heteroatoms. The molecule has 100 valence electrons. The highest BCUT2D eigenvalue weighted by Gasteiger charge is 2.33. The Hall–Kier alpha value is -0.450. The van der Waals surface area contributed by atoms with E-state index < -0.39 is 0 Å². The number of nitrogens with two attached hydrogens (primary N) is 1. The van der Waals surface area contributed by atoms with E-state index >= 15 is 0 Å². The van der Waals surface area contributed by atoms with Gasteiger partial charge in [-0.2, -0.15) is 0 Å². The molecule has 0 amide bonds. The highest BCUT2D eigenvalue weighted by molar-refractivity contribution is 9.10. The number of hydrogen-bond acceptors (Lipinski definition) is 2. The summed E-state index contributed by atoms with van der Waals surface area (Å²) in [6, 6.07) is 5.02. The molecule has 0 bridgehead atoms. The van der Waals surface area contributed by atoms with Gasteiger partial charge in [0.1, 0.15) is 5.82 Å². The molecule has 0 saturated carbocycles. The molecule has 1 aromatic rings. The quantitative estimate of drug-likeness (QED) is 0.927. The normalized spacial score (nSPS) is 21.2. The predicted molar refractivity (Wildman–Crippen MR) is 75.9 cm³/mol. The van der Waals surface area contributed by atoms with Crippen molar-refractivity contribution in [1.82, 2.24) is 4.90 Å². The molecule has 18 heavy (non-hydrogen) atoms. The first kappa shape index (κ1) is 14.0. The molecule has 1 unspecified atom stereocenters. The van der Waals surface area contributed by atoms with Crippen LogP contribution in [0.25, 0.3) is 0 Å². The lowest BCUT2D eigenvalue weighted by atomic mass is 9.93. The topological polar surface area (TPSA) is 29.3 Å². The third-order valence-electron chi connectivity index (χ3n) is 3.69. The third kappa shape index (κ3) is 2.92. The van der Waals surface area contributed by atoms with Crippen LogP contribution in [0.1, 0.15) is 31.9 Å². The van der Waals surface area contributed by atoms with Gasteiger partial charge in [0.15, 0.2) is 0 Å². The summed E-state index contributed by atoms with van der Waals surface area (Å²) in [6.07, 6.45) is 1.18. The average molecular weight is 315 g/mol. The smallest absolute Gasteiger partial charge is 0.124 e.